The molecule has 0 radical (unpaired) electrons. The van der Waals surface area contributed by atoms with Gasteiger partial charge in [0, 0.05) is 12.0 Å². The van der Waals surface area contributed by atoms with Crippen molar-refractivity contribution in [1.82, 2.24) is 0 Å². The third kappa shape index (κ3) is 6.60. The lowest BCUT2D eigenvalue weighted by atomic mass is 9.86. The van der Waals surface area contributed by atoms with Crippen molar-refractivity contribution in [1.29, 1.82) is 0 Å². The number of nitrogens with two attached hydrogens (primary N) is 1. The Morgan fingerprint density at radius 3 is 2.43 bits per heavy atom. The number of aliphatic hydroxyl groups is 3. The van der Waals surface area contributed by atoms with Crippen LogP contribution in [-0.4, -0.2) is 21.9 Å². The minimum absolute atomic E-state index is 0.299. The Balaban J connectivity index is 2.86. The standard InChI is InChI=1S/C19H33NO3/c1-3-5-8-15(7-4-2)14-19(22,23)17-10-6-9-16(13-17)18(21)11-12-20/h6,9-10,13,15,18,21-23H,3-5,7-8,11-12,14,20H2,1-2H3. The fraction of sp³-hybridized carbons (Fsp3) is 0.684. The monoisotopic (exact) mass is 323 g/mol. The van der Waals surface area contributed by atoms with Crippen molar-refractivity contribution in [2.45, 2.75) is 70.7 Å². The normalized spacial score (nSPS) is 14.7. The van der Waals surface area contributed by atoms with Gasteiger partial charge in [-0.1, -0.05) is 64.2 Å². The number of benzene rings is 1. The van der Waals surface area contributed by atoms with Gasteiger partial charge in [-0.3, -0.25) is 0 Å². The molecule has 0 aliphatic carbocycles. The zero-order valence-corrected chi connectivity index (χ0v) is 14.5. The smallest absolute Gasteiger partial charge is 0.190 e. The lowest BCUT2D eigenvalue weighted by Crippen LogP contribution is -2.28. The average molecular weight is 323 g/mol. The van der Waals surface area contributed by atoms with Gasteiger partial charge in [-0.05, 0) is 30.5 Å². The summed E-state index contributed by atoms with van der Waals surface area (Å²) in [5.74, 6) is -1.56. The molecule has 0 amide bonds. The first-order valence-electron chi connectivity index (χ1n) is 8.87. The van der Waals surface area contributed by atoms with E-state index in [0.29, 0.717) is 36.4 Å². The van der Waals surface area contributed by atoms with Crippen molar-refractivity contribution in [2.24, 2.45) is 11.7 Å². The van der Waals surface area contributed by atoms with Gasteiger partial charge in [0.15, 0.2) is 5.79 Å². The Morgan fingerprint density at radius 2 is 1.83 bits per heavy atom. The molecule has 0 aliphatic rings. The summed E-state index contributed by atoms with van der Waals surface area (Å²) in [5.41, 5.74) is 6.61. The third-order valence-electron chi connectivity index (χ3n) is 4.41. The molecule has 0 bridgehead atoms. The van der Waals surface area contributed by atoms with Crippen LogP contribution in [0.4, 0.5) is 0 Å². The largest absolute Gasteiger partial charge is 0.388 e. The lowest BCUT2D eigenvalue weighted by Gasteiger charge is -2.28. The maximum atomic E-state index is 10.6. The predicted octanol–water partition coefficient (Wildman–Crippen LogP) is 3.20. The summed E-state index contributed by atoms with van der Waals surface area (Å²) >= 11 is 0. The first kappa shape index (κ1) is 20.1. The molecule has 1 aromatic rings. The second-order valence-corrected chi connectivity index (χ2v) is 6.54. The lowest BCUT2D eigenvalue weighted by molar-refractivity contribution is -0.183. The first-order valence-corrected chi connectivity index (χ1v) is 8.87. The zero-order valence-electron chi connectivity index (χ0n) is 14.5. The summed E-state index contributed by atoms with van der Waals surface area (Å²) in [6.45, 7) is 4.67. The fourth-order valence-electron chi connectivity index (χ4n) is 3.09. The van der Waals surface area contributed by atoms with Gasteiger partial charge < -0.3 is 21.1 Å². The molecule has 0 spiro atoms. The molecule has 23 heavy (non-hydrogen) atoms. The first-order chi connectivity index (χ1) is 10.9. The summed E-state index contributed by atoms with van der Waals surface area (Å²) in [6, 6.07) is 6.94. The molecule has 0 saturated carbocycles. The van der Waals surface area contributed by atoms with Gasteiger partial charge in [0.05, 0.1) is 6.10 Å². The minimum atomic E-state index is -1.86. The van der Waals surface area contributed by atoms with E-state index < -0.39 is 11.9 Å². The zero-order chi connectivity index (χ0) is 17.3. The SMILES string of the molecule is CCCCC(CCC)CC(O)(O)c1cccc(C(O)CCN)c1. The Labute approximate surface area is 140 Å². The van der Waals surface area contributed by atoms with Crippen LogP contribution in [0.1, 0.15) is 76.0 Å². The molecule has 5 N–H and O–H groups in total. The Bertz CT molecular complexity index is 448. The van der Waals surface area contributed by atoms with Gasteiger partial charge in [-0.2, -0.15) is 0 Å². The van der Waals surface area contributed by atoms with Crippen LogP contribution in [-0.2, 0) is 5.79 Å². The van der Waals surface area contributed by atoms with Crippen molar-refractivity contribution >= 4 is 0 Å². The number of aliphatic hydroxyl groups excluding tert-OH is 1. The van der Waals surface area contributed by atoms with E-state index in [1.807, 2.05) is 0 Å². The highest BCUT2D eigenvalue weighted by molar-refractivity contribution is 5.28. The maximum Gasteiger partial charge on any atom is 0.190 e. The summed E-state index contributed by atoms with van der Waals surface area (Å²) in [5, 5.41) is 31.2. The van der Waals surface area contributed by atoms with E-state index in [9.17, 15) is 15.3 Å². The van der Waals surface area contributed by atoms with E-state index in [0.717, 1.165) is 32.1 Å². The van der Waals surface area contributed by atoms with E-state index in [-0.39, 0.29) is 0 Å². The molecule has 2 unspecified atom stereocenters. The van der Waals surface area contributed by atoms with Crippen molar-refractivity contribution in [3.63, 3.8) is 0 Å². The van der Waals surface area contributed by atoms with Crippen molar-refractivity contribution in [3.05, 3.63) is 35.4 Å². The van der Waals surface area contributed by atoms with Gasteiger partial charge in [0.2, 0.25) is 0 Å². The summed E-state index contributed by atoms with van der Waals surface area (Å²) in [7, 11) is 0. The second kappa shape index (κ2) is 10.0. The van der Waals surface area contributed by atoms with Crippen LogP contribution >= 0.6 is 0 Å². The molecule has 2 atom stereocenters. The molecule has 4 nitrogen and oxygen atoms in total. The van der Waals surface area contributed by atoms with Crippen LogP contribution in [0.3, 0.4) is 0 Å². The summed E-state index contributed by atoms with van der Waals surface area (Å²) < 4.78 is 0. The van der Waals surface area contributed by atoms with Crippen molar-refractivity contribution in [3.8, 4) is 0 Å². The Morgan fingerprint density at radius 1 is 1.09 bits per heavy atom. The molecule has 4 heteroatoms. The summed E-state index contributed by atoms with van der Waals surface area (Å²) in [4.78, 5) is 0. The van der Waals surface area contributed by atoms with Crippen molar-refractivity contribution < 1.29 is 15.3 Å². The molecular formula is C19H33NO3. The van der Waals surface area contributed by atoms with Gasteiger partial charge in [0.1, 0.15) is 0 Å². The van der Waals surface area contributed by atoms with Gasteiger partial charge in [0.25, 0.3) is 0 Å². The predicted molar refractivity (Wildman–Crippen MR) is 93.7 cm³/mol. The Hall–Kier alpha value is -0.940. The van der Waals surface area contributed by atoms with Crippen molar-refractivity contribution in [2.75, 3.05) is 6.54 Å². The summed E-state index contributed by atoms with van der Waals surface area (Å²) in [6.07, 6.45) is 5.41. The second-order valence-electron chi connectivity index (χ2n) is 6.54. The molecule has 0 heterocycles. The molecule has 0 aliphatic heterocycles. The van der Waals surface area contributed by atoms with E-state index >= 15 is 0 Å². The highest BCUT2D eigenvalue weighted by atomic mass is 16.5. The van der Waals surface area contributed by atoms with E-state index in [2.05, 4.69) is 13.8 Å². The van der Waals surface area contributed by atoms with Gasteiger partial charge >= 0.3 is 0 Å². The minimum Gasteiger partial charge on any atom is -0.388 e. The molecule has 1 rings (SSSR count). The molecule has 132 valence electrons. The fourth-order valence-corrected chi connectivity index (χ4v) is 3.09. The highest BCUT2D eigenvalue weighted by Crippen LogP contribution is 2.32. The van der Waals surface area contributed by atoms with Crippen LogP contribution in [0.5, 0.6) is 0 Å². The van der Waals surface area contributed by atoms with Crippen LogP contribution in [0.15, 0.2) is 24.3 Å². The van der Waals surface area contributed by atoms with E-state index in [1.54, 1.807) is 24.3 Å². The topological polar surface area (TPSA) is 86.7 Å². The number of hydrogen-bond acceptors (Lipinski definition) is 4. The third-order valence-corrected chi connectivity index (χ3v) is 4.41. The highest BCUT2D eigenvalue weighted by Gasteiger charge is 2.30. The molecule has 0 saturated heterocycles. The molecule has 0 aromatic heterocycles. The van der Waals surface area contributed by atoms with Gasteiger partial charge in [-0.15, -0.1) is 0 Å². The van der Waals surface area contributed by atoms with Crippen LogP contribution in [0, 0.1) is 5.92 Å². The van der Waals surface area contributed by atoms with Gasteiger partial charge in [-0.25, -0.2) is 0 Å². The van der Waals surface area contributed by atoms with Crippen LogP contribution < -0.4 is 5.73 Å². The number of hydrogen-bond donors (Lipinski definition) is 4. The Kier molecular flexibility index (Phi) is 8.77. The van der Waals surface area contributed by atoms with E-state index in [4.69, 9.17) is 5.73 Å². The molecule has 0 fully saturated rings. The number of unbranched alkanes of at least 4 members (excludes halogenated alkanes) is 1. The van der Waals surface area contributed by atoms with E-state index in [1.165, 1.54) is 0 Å². The van der Waals surface area contributed by atoms with Crippen LogP contribution in [0.2, 0.25) is 0 Å². The quantitative estimate of drug-likeness (QED) is 0.471. The van der Waals surface area contributed by atoms with Crippen LogP contribution in [0.25, 0.3) is 0 Å². The molecular weight excluding hydrogens is 290 g/mol. The average Bonchev–Trinajstić information content (AvgIpc) is 2.53. The maximum absolute atomic E-state index is 10.6. The molecule has 1 aromatic carbocycles. The number of rotatable bonds is 11.